The molecule has 0 bridgehead atoms. The van der Waals surface area contributed by atoms with Crippen LogP contribution in [-0.4, -0.2) is 18.3 Å². The minimum atomic E-state index is -0.334. The minimum Gasteiger partial charge on any atom is -0.492 e. The third kappa shape index (κ3) is 2.86. The van der Waals surface area contributed by atoms with Crippen LogP contribution in [0.25, 0.3) is 0 Å². The van der Waals surface area contributed by atoms with Gasteiger partial charge in [0.1, 0.15) is 5.75 Å². The summed E-state index contributed by atoms with van der Waals surface area (Å²) in [7, 11) is 0. The van der Waals surface area contributed by atoms with E-state index in [1.54, 1.807) is 12.4 Å². The zero-order valence-electron chi connectivity index (χ0n) is 7.09. The number of rotatable bonds is 4. The molecule has 0 aliphatic rings. The van der Waals surface area contributed by atoms with Gasteiger partial charge in [-0.25, -0.2) is 0 Å². The Morgan fingerprint density at radius 1 is 1.50 bits per heavy atom. The van der Waals surface area contributed by atoms with Crippen molar-refractivity contribution in [2.75, 3.05) is 13.3 Å². The molecule has 0 unspecified atom stereocenters. The van der Waals surface area contributed by atoms with Crippen molar-refractivity contribution >= 4 is 0 Å². The molecule has 1 heterocycles. The average Bonchev–Trinajstić information content (AvgIpc) is 2.05. The number of ether oxygens (including phenoxy) is 1. The van der Waals surface area contributed by atoms with Gasteiger partial charge in [-0.3, -0.25) is 9.37 Å². The van der Waals surface area contributed by atoms with Crippen molar-refractivity contribution in [1.29, 1.82) is 0 Å². The Morgan fingerprint density at radius 3 is 3.00 bits per heavy atom. The van der Waals surface area contributed by atoms with Crippen LogP contribution in [0.1, 0.15) is 12.0 Å². The van der Waals surface area contributed by atoms with Crippen molar-refractivity contribution in [1.82, 2.24) is 4.98 Å². The second-order valence-electron chi connectivity index (χ2n) is 2.59. The van der Waals surface area contributed by atoms with Crippen molar-refractivity contribution in [3.8, 4) is 5.75 Å². The van der Waals surface area contributed by atoms with Crippen molar-refractivity contribution in [2.24, 2.45) is 0 Å². The predicted octanol–water partition coefficient (Wildman–Crippen LogP) is 2.13. The zero-order valence-corrected chi connectivity index (χ0v) is 7.09. The molecule has 0 saturated carbocycles. The van der Waals surface area contributed by atoms with Crippen LogP contribution >= 0.6 is 0 Å². The van der Waals surface area contributed by atoms with Gasteiger partial charge in [0.25, 0.3) is 0 Å². The van der Waals surface area contributed by atoms with E-state index in [2.05, 4.69) is 4.98 Å². The van der Waals surface area contributed by atoms with Gasteiger partial charge in [0.15, 0.2) is 0 Å². The summed E-state index contributed by atoms with van der Waals surface area (Å²) in [5.74, 6) is 0.712. The van der Waals surface area contributed by atoms with Crippen LogP contribution in [0.3, 0.4) is 0 Å². The molecule has 0 spiro atoms. The number of hydrogen-bond donors (Lipinski definition) is 0. The molecule has 0 radical (unpaired) electrons. The summed E-state index contributed by atoms with van der Waals surface area (Å²) < 4.78 is 16.9. The minimum absolute atomic E-state index is 0.334. The molecule has 12 heavy (non-hydrogen) atoms. The molecule has 0 aliphatic heterocycles. The van der Waals surface area contributed by atoms with E-state index in [0.717, 1.165) is 5.56 Å². The highest BCUT2D eigenvalue weighted by Gasteiger charge is 1.93. The smallest absolute Gasteiger partial charge is 0.137 e. The molecule has 0 atom stereocenters. The maximum Gasteiger partial charge on any atom is 0.137 e. The summed E-state index contributed by atoms with van der Waals surface area (Å²) in [4.78, 5) is 3.94. The van der Waals surface area contributed by atoms with Gasteiger partial charge in [-0.05, 0) is 18.6 Å². The van der Waals surface area contributed by atoms with E-state index in [1.807, 2.05) is 13.0 Å². The topological polar surface area (TPSA) is 22.1 Å². The molecule has 0 aliphatic carbocycles. The molecule has 0 N–H and O–H groups in total. The lowest BCUT2D eigenvalue weighted by molar-refractivity contribution is 0.288. The lowest BCUT2D eigenvalue weighted by Gasteiger charge is -2.03. The van der Waals surface area contributed by atoms with E-state index in [0.29, 0.717) is 18.8 Å². The van der Waals surface area contributed by atoms with Crippen molar-refractivity contribution in [3.63, 3.8) is 0 Å². The molecule has 2 nitrogen and oxygen atoms in total. The molecule has 1 rings (SSSR count). The van der Waals surface area contributed by atoms with Crippen LogP contribution in [0.4, 0.5) is 4.39 Å². The highest BCUT2D eigenvalue weighted by atomic mass is 19.1. The van der Waals surface area contributed by atoms with Gasteiger partial charge in [-0.1, -0.05) is 0 Å². The van der Waals surface area contributed by atoms with Crippen LogP contribution in [0.2, 0.25) is 0 Å². The fraction of sp³-hybridized carbons (Fsp3) is 0.444. The average molecular weight is 169 g/mol. The standard InChI is InChI=1S/C9H12FNO/c1-8-5-9(7-11-6-8)12-4-2-3-10/h5-7H,2-4H2,1H3. The summed E-state index contributed by atoms with van der Waals surface area (Å²) >= 11 is 0. The van der Waals surface area contributed by atoms with Gasteiger partial charge < -0.3 is 4.74 Å². The molecular formula is C9H12FNO. The van der Waals surface area contributed by atoms with Crippen LogP contribution in [0, 0.1) is 6.92 Å². The number of alkyl halides is 1. The van der Waals surface area contributed by atoms with Gasteiger partial charge in [0.2, 0.25) is 0 Å². The Kier molecular flexibility index (Phi) is 3.51. The quantitative estimate of drug-likeness (QED) is 0.644. The first-order valence-corrected chi connectivity index (χ1v) is 3.93. The Hall–Kier alpha value is -1.12. The van der Waals surface area contributed by atoms with Crippen molar-refractivity contribution < 1.29 is 9.13 Å². The Bertz CT molecular complexity index is 240. The third-order valence-electron chi connectivity index (χ3n) is 1.40. The molecular weight excluding hydrogens is 157 g/mol. The lowest BCUT2D eigenvalue weighted by atomic mass is 10.3. The fourth-order valence-electron chi connectivity index (χ4n) is 0.851. The second-order valence-corrected chi connectivity index (χ2v) is 2.59. The SMILES string of the molecule is Cc1cncc(OCCCF)c1. The Morgan fingerprint density at radius 2 is 2.33 bits per heavy atom. The molecule has 3 heteroatoms. The first-order valence-electron chi connectivity index (χ1n) is 3.93. The molecule has 66 valence electrons. The number of aryl methyl sites for hydroxylation is 1. The summed E-state index contributed by atoms with van der Waals surface area (Å²) in [5.41, 5.74) is 1.05. The van der Waals surface area contributed by atoms with Gasteiger partial charge in [0, 0.05) is 12.6 Å². The zero-order chi connectivity index (χ0) is 8.81. The van der Waals surface area contributed by atoms with Gasteiger partial charge in [-0.2, -0.15) is 0 Å². The predicted molar refractivity (Wildman–Crippen MR) is 45.1 cm³/mol. The molecule has 0 aromatic carbocycles. The highest BCUT2D eigenvalue weighted by Crippen LogP contribution is 2.09. The number of pyridine rings is 1. The summed E-state index contributed by atoms with van der Waals surface area (Å²) in [5, 5.41) is 0. The summed E-state index contributed by atoms with van der Waals surface area (Å²) in [6.07, 6.45) is 3.82. The van der Waals surface area contributed by atoms with Crippen LogP contribution in [-0.2, 0) is 0 Å². The van der Waals surface area contributed by atoms with Gasteiger partial charge in [-0.15, -0.1) is 0 Å². The van der Waals surface area contributed by atoms with E-state index in [-0.39, 0.29) is 6.67 Å². The summed E-state index contributed by atoms with van der Waals surface area (Å²) in [6.45, 7) is 2.02. The van der Waals surface area contributed by atoms with E-state index in [1.165, 1.54) is 0 Å². The molecule has 1 aromatic rings. The molecule has 0 amide bonds. The first kappa shape index (κ1) is 8.97. The van der Waals surface area contributed by atoms with Crippen LogP contribution in [0.5, 0.6) is 5.75 Å². The van der Waals surface area contributed by atoms with E-state index in [4.69, 9.17) is 4.74 Å². The van der Waals surface area contributed by atoms with E-state index >= 15 is 0 Å². The Labute approximate surface area is 71.4 Å². The van der Waals surface area contributed by atoms with Crippen LogP contribution < -0.4 is 4.74 Å². The fourth-order valence-corrected chi connectivity index (χ4v) is 0.851. The molecule has 1 aromatic heterocycles. The van der Waals surface area contributed by atoms with Crippen LogP contribution in [0.15, 0.2) is 18.5 Å². The van der Waals surface area contributed by atoms with Crippen molar-refractivity contribution in [2.45, 2.75) is 13.3 Å². The summed E-state index contributed by atoms with van der Waals surface area (Å²) in [6, 6.07) is 1.88. The van der Waals surface area contributed by atoms with E-state index < -0.39 is 0 Å². The van der Waals surface area contributed by atoms with E-state index in [9.17, 15) is 4.39 Å². The normalized spacial score (nSPS) is 9.83. The number of aromatic nitrogens is 1. The largest absolute Gasteiger partial charge is 0.492 e. The maximum atomic E-state index is 11.7. The lowest BCUT2D eigenvalue weighted by Crippen LogP contribution is -1.98. The van der Waals surface area contributed by atoms with Gasteiger partial charge >= 0.3 is 0 Å². The second kappa shape index (κ2) is 4.70. The number of nitrogens with zero attached hydrogens (tertiary/aromatic N) is 1. The monoisotopic (exact) mass is 169 g/mol. The van der Waals surface area contributed by atoms with Gasteiger partial charge in [0.05, 0.1) is 19.5 Å². The molecule has 0 saturated heterocycles. The Balaban J connectivity index is 2.41. The number of halogens is 1. The van der Waals surface area contributed by atoms with Crippen molar-refractivity contribution in [3.05, 3.63) is 24.0 Å². The first-order chi connectivity index (χ1) is 5.83. The maximum absolute atomic E-state index is 11.7. The number of hydrogen-bond acceptors (Lipinski definition) is 2. The third-order valence-corrected chi connectivity index (χ3v) is 1.40. The molecule has 0 fully saturated rings. The highest BCUT2D eigenvalue weighted by molar-refractivity contribution is 5.22.